The van der Waals surface area contributed by atoms with Crippen molar-refractivity contribution >= 4 is 24.2 Å². The normalized spacial score (nSPS) is 25.8. The van der Waals surface area contributed by atoms with Crippen LogP contribution in [-0.2, 0) is 24.6 Å². The molecule has 1 unspecified atom stereocenters. The van der Waals surface area contributed by atoms with Gasteiger partial charge in [-0.1, -0.05) is 24.3 Å². The third kappa shape index (κ3) is 3.81. The lowest BCUT2D eigenvalue weighted by atomic mass is 9.70. The van der Waals surface area contributed by atoms with Gasteiger partial charge in [0.1, 0.15) is 0 Å². The van der Waals surface area contributed by atoms with E-state index in [9.17, 15) is 0 Å². The molecule has 2 aliphatic rings. The van der Waals surface area contributed by atoms with Crippen LogP contribution in [0.3, 0.4) is 0 Å². The molecular formula is C18H26BClO4. The van der Waals surface area contributed by atoms with E-state index >= 15 is 0 Å². The molecule has 2 fully saturated rings. The molecule has 0 saturated carbocycles. The van der Waals surface area contributed by atoms with Gasteiger partial charge in [-0.2, -0.15) is 0 Å². The first-order chi connectivity index (χ1) is 11.5. The van der Waals surface area contributed by atoms with Gasteiger partial charge in [-0.05, 0) is 39.1 Å². The minimum absolute atomic E-state index is 0.135. The predicted molar refractivity (Wildman–Crippen MR) is 95.7 cm³/mol. The van der Waals surface area contributed by atoms with E-state index in [-0.39, 0.29) is 11.7 Å². The molecule has 3 rings (SSSR count). The zero-order valence-electron chi connectivity index (χ0n) is 14.7. The third-order valence-electron chi connectivity index (χ3n) is 4.58. The number of halogens is 1. The van der Waals surface area contributed by atoms with Crippen molar-refractivity contribution in [3.8, 4) is 0 Å². The van der Waals surface area contributed by atoms with Crippen molar-refractivity contribution in [2.75, 3.05) is 19.1 Å². The van der Waals surface area contributed by atoms with Crippen molar-refractivity contribution in [2.45, 2.75) is 57.5 Å². The van der Waals surface area contributed by atoms with E-state index in [2.05, 4.69) is 20.8 Å². The van der Waals surface area contributed by atoms with Gasteiger partial charge in [-0.3, -0.25) is 0 Å². The van der Waals surface area contributed by atoms with Gasteiger partial charge in [0.25, 0.3) is 0 Å². The summed E-state index contributed by atoms with van der Waals surface area (Å²) < 4.78 is 24.4. The average Bonchev–Trinajstić information content (AvgIpc) is 3.01. The maximum absolute atomic E-state index is 6.22. The summed E-state index contributed by atoms with van der Waals surface area (Å²) in [6.07, 6.45) is 2.55. The van der Waals surface area contributed by atoms with E-state index < -0.39 is 12.9 Å². The van der Waals surface area contributed by atoms with Crippen LogP contribution in [0, 0.1) is 0 Å². The lowest BCUT2D eigenvalue weighted by Gasteiger charge is -2.40. The van der Waals surface area contributed by atoms with Gasteiger partial charge in [-0.15, -0.1) is 11.6 Å². The van der Waals surface area contributed by atoms with Crippen molar-refractivity contribution in [3.63, 3.8) is 0 Å². The summed E-state index contributed by atoms with van der Waals surface area (Å²) >= 11 is 5.91. The molecule has 24 heavy (non-hydrogen) atoms. The third-order valence-corrected chi connectivity index (χ3v) is 4.85. The highest BCUT2D eigenvalue weighted by molar-refractivity contribution is 6.62. The molecule has 0 amide bonds. The first-order valence-electron chi connectivity index (χ1n) is 8.72. The van der Waals surface area contributed by atoms with E-state index in [4.69, 9.17) is 30.4 Å². The first kappa shape index (κ1) is 18.2. The van der Waals surface area contributed by atoms with Crippen LogP contribution >= 0.6 is 11.6 Å². The Balaban J connectivity index is 1.95. The summed E-state index contributed by atoms with van der Waals surface area (Å²) in [6.45, 7) is 7.47. The molecule has 1 aromatic carbocycles. The molecule has 4 nitrogen and oxygen atoms in total. The topological polar surface area (TPSA) is 36.9 Å². The Kier molecular flexibility index (Phi) is 5.57. The molecule has 2 heterocycles. The molecule has 0 N–H and O–H groups in total. The molecule has 0 aliphatic carbocycles. The standard InChI is InChI=1S/C18H26BClO4/c1-14-13-17(2,3)24-19(23-14)16-8-5-4-7-15(16)18(9-6-10-20)21-11-12-22-18/h4-5,7-8,14H,6,9-13H2,1-3H3. The van der Waals surface area contributed by atoms with E-state index in [1.165, 1.54) is 0 Å². The Morgan fingerprint density at radius 1 is 1.21 bits per heavy atom. The van der Waals surface area contributed by atoms with Gasteiger partial charge in [0.2, 0.25) is 0 Å². The number of alkyl halides is 1. The van der Waals surface area contributed by atoms with Crippen molar-refractivity contribution < 1.29 is 18.8 Å². The summed E-state index contributed by atoms with van der Waals surface area (Å²) in [5.41, 5.74) is 1.74. The fourth-order valence-electron chi connectivity index (χ4n) is 3.69. The van der Waals surface area contributed by atoms with Crippen molar-refractivity contribution in [1.82, 2.24) is 0 Å². The molecule has 0 radical (unpaired) electrons. The second kappa shape index (κ2) is 7.34. The van der Waals surface area contributed by atoms with Gasteiger partial charge in [-0.25, -0.2) is 0 Å². The number of hydrogen-bond acceptors (Lipinski definition) is 4. The van der Waals surface area contributed by atoms with Crippen LogP contribution < -0.4 is 5.46 Å². The highest BCUT2D eigenvalue weighted by atomic mass is 35.5. The zero-order chi connectivity index (χ0) is 17.2. The highest BCUT2D eigenvalue weighted by Crippen LogP contribution is 2.36. The molecule has 0 spiro atoms. The van der Waals surface area contributed by atoms with Gasteiger partial charge in [0, 0.05) is 24.0 Å². The van der Waals surface area contributed by atoms with E-state index in [0.717, 1.165) is 30.3 Å². The molecule has 0 bridgehead atoms. The van der Waals surface area contributed by atoms with Gasteiger partial charge in [0.15, 0.2) is 5.79 Å². The molecule has 1 aromatic rings. The van der Waals surface area contributed by atoms with Gasteiger partial charge < -0.3 is 18.8 Å². The maximum atomic E-state index is 6.22. The number of ether oxygens (including phenoxy) is 2. The number of benzene rings is 1. The number of hydrogen-bond donors (Lipinski definition) is 0. The van der Waals surface area contributed by atoms with Crippen LogP contribution in [0.2, 0.25) is 0 Å². The molecule has 132 valence electrons. The summed E-state index contributed by atoms with van der Waals surface area (Å²) in [5, 5.41) is 0. The van der Waals surface area contributed by atoms with Gasteiger partial charge in [0.05, 0.1) is 18.8 Å². The predicted octanol–water partition coefficient (Wildman–Crippen LogP) is 3.20. The molecule has 1 atom stereocenters. The largest absolute Gasteiger partial charge is 0.494 e. The van der Waals surface area contributed by atoms with Crippen LogP contribution in [-0.4, -0.2) is 37.9 Å². The van der Waals surface area contributed by atoms with Crippen LogP contribution in [0.5, 0.6) is 0 Å². The lowest BCUT2D eigenvalue weighted by Crippen LogP contribution is -2.54. The van der Waals surface area contributed by atoms with Crippen molar-refractivity contribution in [3.05, 3.63) is 29.8 Å². The summed E-state index contributed by atoms with van der Waals surface area (Å²) in [4.78, 5) is 0. The minimum atomic E-state index is -0.747. The minimum Gasteiger partial charge on any atom is -0.405 e. The lowest BCUT2D eigenvalue weighted by molar-refractivity contribution is -0.170. The second-order valence-electron chi connectivity index (χ2n) is 7.19. The van der Waals surface area contributed by atoms with E-state index in [0.29, 0.717) is 19.1 Å². The SMILES string of the molecule is CC1CC(C)(C)OB(c2ccccc2C2(CCCCl)OCCO2)O1. The Labute approximate surface area is 149 Å². The smallest absolute Gasteiger partial charge is 0.405 e. The molecule has 2 aliphatic heterocycles. The molecule has 2 saturated heterocycles. The molecule has 6 heteroatoms. The van der Waals surface area contributed by atoms with Crippen LogP contribution in [0.15, 0.2) is 24.3 Å². The van der Waals surface area contributed by atoms with Gasteiger partial charge >= 0.3 is 7.12 Å². The second-order valence-corrected chi connectivity index (χ2v) is 7.57. The Morgan fingerprint density at radius 2 is 1.92 bits per heavy atom. The Hall–Kier alpha value is -0.585. The maximum Gasteiger partial charge on any atom is 0.494 e. The molecule has 0 aromatic heterocycles. The van der Waals surface area contributed by atoms with Crippen molar-refractivity contribution in [2.24, 2.45) is 0 Å². The van der Waals surface area contributed by atoms with E-state index in [1.807, 2.05) is 24.3 Å². The quantitative estimate of drug-likeness (QED) is 0.602. The Morgan fingerprint density at radius 3 is 2.58 bits per heavy atom. The molecular weight excluding hydrogens is 326 g/mol. The fraction of sp³-hybridized carbons (Fsp3) is 0.667. The Bertz CT molecular complexity index is 560. The van der Waals surface area contributed by atoms with Crippen molar-refractivity contribution in [1.29, 1.82) is 0 Å². The zero-order valence-corrected chi connectivity index (χ0v) is 15.5. The fourth-order valence-corrected chi connectivity index (χ4v) is 3.83. The summed E-state index contributed by atoms with van der Waals surface area (Å²) in [6, 6.07) is 8.10. The summed E-state index contributed by atoms with van der Waals surface area (Å²) in [5.74, 6) is -0.167. The highest BCUT2D eigenvalue weighted by Gasteiger charge is 2.45. The van der Waals surface area contributed by atoms with Crippen LogP contribution in [0.1, 0.15) is 45.6 Å². The summed E-state index contributed by atoms with van der Waals surface area (Å²) in [7, 11) is -0.416. The number of rotatable bonds is 5. The van der Waals surface area contributed by atoms with Crippen LogP contribution in [0.4, 0.5) is 0 Å². The van der Waals surface area contributed by atoms with Crippen LogP contribution in [0.25, 0.3) is 0 Å². The van der Waals surface area contributed by atoms with E-state index in [1.54, 1.807) is 0 Å². The first-order valence-corrected chi connectivity index (χ1v) is 9.26. The monoisotopic (exact) mass is 352 g/mol. The average molecular weight is 353 g/mol.